The van der Waals surface area contributed by atoms with E-state index in [1.165, 1.54) is 13.2 Å². The van der Waals surface area contributed by atoms with Crippen LogP contribution in [0.4, 0.5) is 0 Å². The first kappa shape index (κ1) is 25.1. The van der Waals surface area contributed by atoms with Crippen LogP contribution in [0.1, 0.15) is 22.3 Å². The molecule has 0 aliphatic heterocycles. The van der Waals surface area contributed by atoms with E-state index in [1.54, 1.807) is 18.2 Å². The maximum atomic E-state index is 12.4. The van der Waals surface area contributed by atoms with Gasteiger partial charge in [-0.3, -0.25) is 4.79 Å². The topological polar surface area (TPSA) is 97.6 Å². The van der Waals surface area contributed by atoms with Gasteiger partial charge >= 0.3 is 5.97 Å². The van der Waals surface area contributed by atoms with Gasteiger partial charge in [-0.05, 0) is 54.3 Å². The summed E-state index contributed by atoms with van der Waals surface area (Å²) in [5.41, 5.74) is 3.25. The summed E-state index contributed by atoms with van der Waals surface area (Å²) in [6, 6.07) is 21.8. The van der Waals surface area contributed by atoms with Crippen molar-refractivity contribution in [2.24, 2.45) is 0 Å². The fraction of sp³-hybridized carbons (Fsp3) is 0.179. The lowest BCUT2D eigenvalue weighted by molar-refractivity contribution is -0.136. The number of esters is 1. The Morgan fingerprint density at radius 1 is 0.971 bits per heavy atom. The van der Waals surface area contributed by atoms with Gasteiger partial charge in [-0.1, -0.05) is 54.6 Å². The molecule has 0 spiro atoms. The van der Waals surface area contributed by atoms with E-state index in [1.807, 2.05) is 68.4 Å². The molecule has 7 heteroatoms. The molecule has 0 fully saturated rings. The summed E-state index contributed by atoms with van der Waals surface area (Å²) in [5, 5.41) is 12.2. The van der Waals surface area contributed by atoms with E-state index in [0.29, 0.717) is 17.9 Å². The van der Waals surface area contributed by atoms with Crippen LogP contribution in [0.2, 0.25) is 0 Å². The smallest absolute Gasteiger partial charge is 0.349 e. The van der Waals surface area contributed by atoms with Gasteiger partial charge in [0.15, 0.2) is 18.1 Å². The number of aryl methyl sites for hydroxylation is 2. The summed E-state index contributed by atoms with van der Waals surface area (Å²) in [5.74, 6) is 0.0427. The quantitative estimate of drug-likeness (QED) is 0.214. The molecule has 0 atom stereocenters. The molecule has 0 saturated carbocycles. The van der Waals surface area contributed by atoms with Gasteiger partial charge in [0.2, 0.25) is 0 Å². The van der Waals surface area contributed by atoms with Gasteiger partial charge in [0.1, 0.15) is 17.4 Å². The normalized spacial score (nSPS) is 10.7. The van der Waals surface area contributed by atoms with Gasteiger partial charge in [0, 0.05) is 6.54 Å². The third-order valence-electron chi connectivity index (χ3n) is 5.13. The third-order valence-corrected chi connectivity index (χ3v) is 5.13. The molecule has 3 aromatic rings. The number of hydrogen-bond donors (Lipinski definition) is 1. The van der Waals surface area contributed by atoms with E-state index >= 15 is 0 Å². The molecular formula is C28H26N2O5. The van der Waals surface area contributed by atoms with E-state index in [0.717, 1.165) is 16.7 Å². The molecule has 0 radical (unpaired) electrons. The number of hydrogen-bond acceptors (Lipinski definition) is 6. The lowest BCUT2D eigenvalue weighted by Crippen LogP contribution is -2.23. The van der Waals surface area contributed by atoms with Crippen LogP contribution in [0.15, 0.2) is 72.3 Å². The summed E-state index contributed by atoms with van der Waals surface area (Å²) < 4.78 is 16.4. The van der Waals surface area contributed by atoms with Gasteiger partial charge in [0.25, 0.3) is 5.91 Å². The van der Waals surface area contributed by atoms with Crippen LogP contribution in [-0.2, 0) is 16.1 Å². The molecule has 7 nitrogen and oxygen atoms in total. The maximum Gasteiger partial charge on any atom is 0.349 e. The number of benzene rings is 3. The second-order valence-electron chi connectivity index (χ2n) is 7.73. The number of nitriles is 1. The zero-order chi connectivity index (χ0) is 25.2. The Bertz CT molecular complexity index is 1260. The Hall–Kier alpha value is -4.57. The molecule has 0 saturated heterocycles. The first-order valence-electron chi connectivity index (χ1n) is 10.9. The van der Waals surface area contributed by atoms with Crippen molar-refractivity contribution < 1.29 is 23.8 Å². The molecule has 178 valence electrons. The molecule has 0 bridgehead atoms. The number of carbonyl (C=O) groups excluding carboxylic acids is 2. The molecule has 0 heterocycles. The van der Waals surface area contributed by atoms with E-state index in [2.05, 4.69) is 5.32 Å². The number of para-hydroxylation sites is 1. The molecule has 1 N–H and O–H groups in total. The Balaban J connectivity index is 1.66. The van der Waals surface area contributed by atoms with Crippen LogP contribution in [0.3, 0.4) is 0 Å². The Kier molecular flexibility index (Phi) is 8.63. The van der Waals surface area contributed by atoms with Gasteiger partial charge in [-0.25, -0.2) is 4.79 Å². The van der Waals surface area contributed by atoms with Crippen molar-refractivity contribution in [3.63, 3.8) is 0 Å². The minimum Gasteiger partial charge on any atom is -0.493 e. The lowest BCUT2D eigenvalue weighted by Gasteiger charge is -2.13. The molecule has 0 aliphatic carbocycles. The van der Waals surface area contributed by atoms with Crippen molar-refractivity contribution in [2.45, 2.75) is 20.4 Å². The predicted molar refractivity (Wildman–Crippen MR) is 132 cm³/mol. The number of rotatable bonds is 9. The minimum absolute atomic E-state index is 0.0604. The number of nitrogens with one attached hydrogen (secondary N) is 1. The van der Waals surface area contributed by atoms with Gasteiger partial charge < -0.3 is 19.5 Å². The first-order chi connectivity index (χ1) is 16.9. The average molecular weight is 471 g/mol. The highest BCUT2D eigenvalue weighted by Gasteiger charge is 2.14. The molecule has 0 aliphatic rings. The SMILES string of the molecule is COc1cc(/C=C(\C#N)C(=O)NCc2ccccc2)ccc1OC(=O)COc1c(C)cccc1C. The summed E-state index contributed by atoms with van der Waals surface area (Å²) >= 11 is 0. The molecule has 3 aromatic carbocycles. The van der Waals surface area contributed by atoms with Crippen LogP contribution < -0.4 is 19.5 Å². The molecule has 0 unspecified atom stereocenters. The highest BCUT2D eigenvalue weighted by Crippen LogP contribution is 2.29. The van der Waals surface area contributed by atoms with E-state index < -0.39 is 11.9 Å². The second-order valence-corrected chi connectivity index (χ2v) is 7.73. The molecule has 35 heavy (non-hydrogen) atoms. The standard InChI is InChI=1S/C28H26N2O5/c1-19-8-7-9-20(2)27(19)34-18-26(31)35-24-13-12-22(15-25(24)33-3)14-23(16-29)28(32)30-17-21-10-5-4-6-11-21/h4-15H,17-18H2,1-3H3,(H,30,32)/b23-14+. The van der Waals surface area contributed by atoms with Crippen molar-refractivity contribution in [3.8, 4) is 23.3 Å². The number of carbonyl (C=O) groups is 2. The average Bonchev–Trinajstić information content (AvgIpc) is 2.86. The molecule has 3 rings (SSSR count). The Morgan fingerprint density at radius 3 is 2.34 bits per heavy atom. The highest BCUT2D eigenvalue weighted by atomic mass is 16.6. The van der Waals surface area contributed by atoms with E-state index in [-0.39, 0.29) is 23.7 Å². The predicted octanol–water partition coefficient (Wildman–Crippen LogP) is 4.52. The minimum atomic E-state index is -0.591. The van der Waals surface area contributed by atoms with Crippen molar-refractivity contribution in [1.82, 2.24) is 5.32 Å². The zero-order valence-electron chi connectivity index (χ0n) is 19.8. The fourth-order valence-corrected chi connectivity index (χ4v) is 3.36. The number of methoxy groups -OCH3 is 1. The third kappa shape index (κ3) is 6.95. The number of amides is 1. The van der Waals surface area contributed by atoms with E-state index in [9.17, 15) is 14.9 Å². The molecule has 1 amide bonds. The lowest BCUT2D eigenvalue weighted by atomic mass is 10.1. The van der Waals surface area contributed by atoms with Crippen LogP contribution in [-0.4, -0.2) is 25.6 Å². The summed E-state index contributed by atoms with van der Waals surface area (Å²) in [6.45, 7) is 3.85. The first-order valence-corrected chi connectivity index (χ1v) is 10.9. The number of nitrogens with zero attached hydrogens (tertiary/aromatic N) is 1. The van der Waals surface area contributed by atoms with Crippen molar-refractivity contribution in [3.05, 3.63) is 94.6 Å². The Morgan fingerprint density at radius 2 is 1.69 bits per heavy atom. The monoisotopic (exact) mass is 470 g/mol. The largest absolute Gasteiger partial charge is 0.493 e. The fourth-order valence-electron chi connectivity index (χ4n) is 3.36. The summed E-state index contributed by atoms with van der Waals surface area (Å²) in [7, 11) is 1.44. The second kappa shape index (κ2) is 12.1. The maximum absolute atomic E-state index is 12.4. The van der Waals surface area contributed by atoms with Crippen molar-refractivity contribution in [2.75, 3.05) is 13.7 Å². The zero-order valence-corrected chi connectivity index (χ0v) is 19.8. The van der Waals surface area contributed by atoms with Crippen molar-refractivity contribution in [1.29, 1.82) is 5.26 Å². The van der Waals surface area contributed by atoms with E-state index in [4.69, 9.17) is 14.2 Å². The summed E-state index contributed by atoms with van der Waals surface area (Å²) in [4.78, 5) is 24.8. The molecule has 0 aromatic heterocycles. The van der Waals surface area contributed by atoms with Gasteiger partial charge in [0.05, 0.1) is 7.11 Å². The highest BCUT2D eigenvalue weighted by molar-refractivity contribution is 6.01. The van der Waals surface area contributed by atoms with Gasteiger partial charge in [-0.15, -0.1) is 0 Å². The van der Waals surface area contributed by atoms with Crippen LogP contribution >= 0.6 is 0 Å². The summed E-state index contributed by atoms with van der Waals surface area (Å²) in [6.07, 6.45) is 1.44. The molecular weight excluding hydrogens is 444 g/mol. The Labute approximate surface area is 204 Å². The number of ether oxygens (including phenoxy) is 3. The van der Waals surface area contributed by atoms with Crippen LogP contribution in [0.5, 0.6) is 17.2 Å². The van der Waals surface area contributed by atoms with Crippen molar-refractivity contribution >= 4 is 18.0 Å². The van der Waals surface area contributed by atoms with Crippen LogP contribution in [0.25, 0.3) is 6.08 Å². The van der Waals surface area contributed by atoms with Crippen LogP contribution in [0, 0.1) is 25.2 Å². The van der Waals surface area contributed by atoms with Gasteiger partial charge in [-0.2, -0.15) is 5.26 Å².